The van der Waals surface area contributed by atoms with Gasteiger partial charge in [0.15, 0.2) is 20.6 Å². The molecule has 2 fully saturated rings. The van der Waals surface area contributed by atoms with Crippen LogP contribution in [0.5, 0.6) is 0 Å². The van der Waals surface area contributed by atoms with Gasteiger partial charge in [0, 0.05) is 11.8 Å². The third kappa shape index (κ3) is 11.3. The van der Waals surface area contributed by atoms with Crippen LogP contribution in [0.4, 0.5) is 0 Å². The van der Waals surface area contributed by atoms with E-state index in [0.29, 0.717) is 13.2 Å². The SMILES string of the molecule is O=C(COPOCC(=O)C1CCC(=CCOC(c2ccccc2)(c2ccccc2)c2ccccc2)CC1)C1CCC(=CCOC(c2ccccc2)(c2ccccc2)c2ccccc2)CC1. The van der Waals surface area contributed by atoms with Gasteiger partial charge in [0.1, 0.15) is 24.4 Å². The first-order chi connectivity index (χ1) is 32.1. The van der Waals surface area contributed by atoms with E-state index in [9.17, 15) is 9.59 Å². The number of hydrogen-bond donors (Lipinski definition) is 0. The summed E-state index contributed by atoms with van der Waals surface area (Å²) in [4.78, 5) is 26.3. The lowest BCUT2D eigenvalue weighted by Gasteiger charge is -2.36. The molecular weight excluding hydrogens is 824 g/mol. The van der Waals surface area contributed by atoms with E-state index < -0.39 is 11.2 Å². The van der Waals surface area contributed by atoms with E-state index in [4.69, 9.17) is 18.5 Å². The summed E-state index contributed by atoms with van der Waals surface area (Å²) in [5.41, 5.74) is 7.55. The van der Waals surface area contributed by atoms with Gasteiger partial charge in [-0.05, 0) is 84.7 Å². The van der Waals surface area contributed by atoms with Crippen LogP contribution in [0.3, 0.4) is 0 Å². The summed E-state index contributed by atoms with van der Waals surface area (Å²) in [7, 11) is -0.345. The molecule has 0 aromatic heterocycles. The molecule has 0 atom stereocenters. The fourth-order valence-corrected chi connectivity index (χ4v) is 10.1. The zero-order valence-electron chi connectivity index (χ0n) is 37.1. The van der Waals surface area contributed by atoms with Crippen molar-refractivity contribution in [3.05, 3.63) is 239 Å². The van der Waals surface area contributed by atoms with Crippen molar-refractivity contribution in [1.82, 2.24) is 0 Å². The Morgan fingerprint density at radius 2 is 0.662 bits per heavy atom. The Hall–Kier alpha value is -5.59. The predicted molar refractivity (Wildman–Crippen MR) is 261 cm³/mol. The van der Waals surface area contributed by atoms with Gasteiger partial charge >= 0.3 is 0 Å². The maximum Gasteiger partial charge on any atom is 0.162 e. The molecule has 65 heavy (non-hydrogen) atoms. The molecule has 7 heteroatoms. The van der Waals surface area contributed by atoms with E-state index >= 15 is 0 Å². The Morgan fingerprint density at radius 3 is 0.908 bits per heavy atom. The quantitative estimate of drug-likeness (QED) is 0.0329. The molecule has 6 nitrogen and oxygen atoms in total. The van der Waals surface area contributed by atoms with Gasteiger partial charge in [0.25, 0.3) is 0 Å². The van der Waals surface area contributed by atoms with Crippen molar-refractivity contribution in [1.29, 1.82) is 0 Å². The summed E-state index contributed by atoms with van der Waals surface area (Å²) < 4.78 is 25.3. The van der Waals surface area contributed by atoms with Crippen LogP contribution in [-0.4, -0.2) is 38.0 Å². The Labute approximate surface area is 386 Å². The molecule has 2 aliphatic carbocycles. The van der Waals surface area contributed by atoms with Crippen LogP contribution >= 0.6 is 9.03 Å². The smallest absolute Gasteiger partial charge is 0.162 e. The van der Waals surface area contributed by atoms with Gasteiger partial charge in [-0.1, -0.05) is 205 Å². The summed E-state index contributed by atoms with van der Waals surface area (Å²) in [6.07, 6.45) is 11.0. The van der Waals surface area contributed by atoms with E-state index in [2.05, 4.69) is 158 Å². The van der Waals surface area contributed by atoms with Crippen LogP contribution in [-0.2, 0) is 39.3 Å². The van der Waals surface area contributed by atoms with Gasteiger partial charge in [-0.15, -0.1) is 0 Å². The zero-order chi connectivity index (χ0) is 44.6. The Bertz CT molecular complexity index is 2070. The molecule has 0 radical (unpaired) electrons. The standard InChI is InChI=1S/C58H59O6P/c59-55(47-35-31-45(32-36-47)39-41-61-57(49-19-7-1-8-20-49,50-21-9-2-10-22-50)51-23-11-3-12-24-51)43-63-65-64-44-56(60)48-37-33-46(34-38-48)40-42-62-58(52-25-13-4-14-26-52,53-27-15-5-16-28-53)54-29-17-6-18-30-54/h1-30,39-40,47-48,65H,31-38,41-44H2. The fourth-order valence-electron chi connectivity index (χ4n) is 9.61. The van der Waals surface area contributed by atoms with Crippen LogP contribution in [0.15, 0.2) is 205 Å². The fraction of sp³-hybridized carbons (Fsp3) is 0.276. The average Bonchev–Trinajstić information content (AvgIpc) is 3.38. The van der Waals surface area contributed by atoms with E-state index in [1.54, 1.807) is 0 Å². The number of benzene rings is 6. The first kappa shape index (κ1) is 46.0. The third-order valence-corrected chi connectivity index (χ3v) is 13.7. The molecule has 0 heterocycles. The number of carbonyl (C=O) groups is 2. The molecule has 8 rings (SSSR count). The van der Waals surface area contributed by atoms with Gasteiger partial charge in [-0.25, -0.2) is 0 Å². The molecule has 0 N–H and O–H groups in total. The minimum Gasteiger partial charge on any atom is -0.357 e. The van der Waals surface area contributed by atoms with Crippen molar-refractivity contribution < 1.29 is 28.1 Å². The normalized spacial score (nSPS) is 16.9. The second-order valence-electron chi connectivity index (χ2n) is 17.0. The second-order valence-corrected chi connectivity index (χ2v) is 17.8. The lowest BCUT2D eigenvalue weighted by Crippen LogP contribution is -2.33. The first-order valence-electron chi connectivity index (χ1n) is 23.1. The molecule has 6 aromatic rings. The van der Waals surface area contributed by atoms with E-state index in [0.717, 1.165) is 84.7 Å². The average molecular weight is 883 g/mol. The summed E-state index contributed by atoms with van der Waals surface area (Å²) in [6, 6.07) is 62.5. The Morgan fingerprint density at radius 1 is 0.415 bits per heavy atom. The lowest BCUT2D eigenvalue weighted by molar-refractivity contribution is -0.125. The van der Waals surface area contributed by atoms with Crippen LogP contribution in [0.1, 0.15) is 84.7 Å². The lowest BCUT2D eigenvalue weighted by atomic mass is 9.80. The molecule has 2 saturated carbocycles. The largest absolute Gasteiger partial charge is 0.357 e. The van der Waals surface area contributed by atoms with Crippen molar-refractivity contribution in [3.8, 4) is 0 Å². The summed E-state index contributed by atoms with van der Waals surface area (Å²) in [5.74, 6) is 0.113. The van der Waals surface area contributed by atoms with E-state index in [1.165, 1.54) is 11.1 Å². The predicted octanol–water partition coefficient (Wildman–Crippen LogP) is 12.9. The first-order valence-corrected chi connectivity index (χ1v) is 23.9. The molecule has 0 spiro atoms. The van der Waals surface area contributed by atoms with Crippen LogP contribution < -0.4 is 0 Å². The third-order valence-electron chi connectivity index (χ3n) is 13.1. The maximum absolute atomic E-state index is 13.1. The molecule has 0 amide bonds. The van der Waals surface area contributed by atoms with Crippen molar-refractivity contribution in [3.63, 3.8) is 0 Å². The second kappa shape index (κ2) is 23.0. The highest BCUT2D eigenvalue weighted by Crippen LogP contribution is 2.42. The summed E-state index contributed by atoms with van der Waals surface area (Å²) in [6.45, 7) is 0.904. The molecule has 0 saturated heterocycles. The molecule has 2 aliphatic rings. The van der Waals surface area contributed by atoms with Gasteiger partial charge in [-0.3, -0.25) is 9.59 Å². The monoisotopic (exact) mass is 882 g/mol. The van der Waals surface area contributed by atoms with Crippen molar-refractivity contribution in [2.24, 2.45) is 11.8 Å². The van der Waals surface area contributed by atoms with E-state index in [-0.39, 0.29) is 45.7 Å². The molecule has 0 unspecified atom stereocenters. The number of Topliss-reactive ketones (excluding diaryl/α,β-unsaturated/α-hetero) is 2. The van der Waals surface area contributed by atoms with Gasteiger partial charge in [-0.2, -0.15) is 0 Å². The highest BCUT2D eigenvalue weighted by Gasteiger charge is 2.39. The van der Waals surface area contributed by atoms with Crippen LogP contribution in [0, 0.1) is 11.8 Å². The number of carbonyl (C=O) groups excluding carboxylic acids is 2. The molecular formula is C58H59O6P. The Balaban J connectivity index is 0.763. The summed E-state index contributed by atoms with van der Waals surface area (Å²) >= 11 is 0. The minimum atomic E-state index is -0.768. The topological polar surface area (TPSA) is 71.1 Å². The number of rotatable bonds is 20. The summed E-state index contributed by atoms with van der Waals surface area (Å²) in [5, 5.41) is 0. The highest BCUT2D eigenvalue weighted by molar-refractivity contribution is 7.26. The van der Waals surface area contributed by atoms with Gasteiger partial charge in [0.2, 0.25) is 0 Å². The minimum absolute atomic E-state index is 0.00691. The maximum atomic E-state index is 13.1. The number of ether oxygens (including phenoxy) is 2. The molecule has 6 aromatic carbocycles. The molecule has 332 valence electrons. The Kier molecular flexibility index (Phi) is 16.3. The number of allylic oxidation sites excluding steroid dienone is 2. The van der Waals surface area contributed by atoms with Gasteiger partial charge < -0.3 is 18.5 Å². The number of ketones is 2. The highest BCUT2D eigenvalue weighted by atomic mass is 31.1. The molecule has 0 bridgehead atoms. The van der Waals surface area contributed by atoms with Gasteiger partial charge in [0.05, 0.1) is 13.2 Å². The van der Waals surface area contributed by atoms with Crippen LogP contribution in [0.2, 0.25) is 0 Å². The van der Waals surface area contributed by atoms with Crippen molar-refractivity contribution in [2.45, 2.75) is 62.6 Å². The van der Waals surface area contributed by atoms with Crippen molar-refractivity contribution in [2.75, 3.05) is 26.4 Å². The van der Waals surface area contributed by atoms with Crippen LogP contribution in [0.25, 0.3) is 0 Å². The van der Waals surface area contributed by atoms with Crippen molar-refractivity contribution >= 4 is 20.6 Å². The van der Waals surface area contributed by atoms with E-state index in [1.807, 2.05) is 36.4 Å². The zero-order valence-corrected chi connectivity index (χ0v) is 38.1. The number of hydrogen-bond acceptors (Lipinski definition) is 6. The molecule has 0 aliphatic heterocycles.